The summed E-state index contributed by atoms with van der Waals surface area (Å²) in [6.07, 6.45) is 5.59. The molecule has 1 N–H and O–H groups in total. The maximum atomic E-state index is 4.68. The number of aryl methyl sites for hydroxylation is 1. The minimum atomic E-state index is 0.467. The summed E-state index contributed by atoms with van der Waals surface area (Å²) in [5.41, 5.74) is 5.59. The van der Waals surface area contributed by atoms with E-state index < -0.39 is 0 Å². The molecule has 0 saturated heterocycles. The largest absolute Gasteiger partial charge is 0.313 e. The zero-order valence-electron chi connectivity index (χ0n) is 12.1. The van der Waals surface area contributed by atoms with Gasteiger partial charge in [-0.05, 0) is 48.6 Å². The highest BCUT2D eigenvalue weighted by Gasteiger charge is 2.24. The molecule has 2 nitrogen and oxygen atoms in total. The predicted molar refractivity (Wildman–Crippen MR) is 82.8 cm³/mol. The highest BCUT2D eigenvalue weighted by molar-refractivity contribution is 5.39. The molecule has 0 spiro atoms. The molecule has 0 saturated carbocycles. The fourth-order valence-corrected chi connectivity index (χ4v) is 3.21. The lowest BCUT2D eigenvalue weighted by molar-refractivity contribution is 0.590. The Bertz CT molecular complexity index is 577. The summed E-state index contributed by atoms with van der Waals surface area (Å²) in [7, 11) is 0. The molecule has 0 radical (unpaired) electrons. The van der Waals surface area contributed by atoms with Gasteiger partial charge in [0.2, 0.25) is 0 Å². The number of fused-ring (bicyclic) bond motifs is 1. The smallest absolute Gasteiger partial charge is 0.0510 e. The van der Waals surface area contributed by atoms with Crippen molar-refractivity contribution in [1.82, 2.24) is 10.3 Å². The molecule has 1 atom stereocenters. The first-order valence-corrected chi connectivity index (χ1v) is 7.62. The van der Waals surface area contributed by atoms with Crippen LogP contribution in [0.2, 0.25) is 0 Å². The summed E-state index contributed by atoms with van der Waals surface area (Å²) < 4.78 is 0. The Morgan fingerprint density at radius 2 is 2.10 bits per heavy atom. The Morgan fingerprint density at radius 1 is 1.20 bits per heavy atom. The number of nitrogens with zero attached hydrogens (tertiary/aromatic N) is 1. The van der Waals surface area contributed by atoms with Crippen LogP contribution < -0.4 is 5.32 Å². The van der Waals surface area contributed by atoms with Gasteiger partial charge in [-0.25, -0.2) is 0 Å². The Morgan fingerprint density at radius 3 is 3.00 bits per heavy atom. The molecule has 20 heavy (non-hydrogen) atoms. The average molecular weight is 266 g/mol. The van der Waals surface area contributed by atoms with Gasteiger partial charge in [0, 0.05) is 18.7 Å². The van der Waals surface area contributed by atoms with Crippen LogP contribution in [0.3, 0.4) is 0 Å². The van der Waals surface area contributed by atoms with E-state index in [1.165, 1.54) is 41.6 Å². The van der Waals surface area contributed by atoms with E-state index in [9.17, 15) is 0 Å². The van der Waals surface area contributed by atoms with Crippen molar-refractivity contribution < 1.29 is 0 Å². The second-order valence-corrected chi connectivity index (χ2v) is 5.47. The number of pyridine rings is 1. The van der Waals surface area contributed by atoms with E-state index in [0.717, 1.165) is 13.1 Å². The maximum absolute atomic E-state index is 4.68. The Hall–Kier alpha value is -1.67. The van der Waals surface area contributed by atoms with Crippen LogP contribution in [0, 0.1) is 0 Å². The van der Waals surface area contributed by atoms with Crippen LogP contribution in [0.4, 0.5) is 0 Å². The van der Waals surface area contributed by atoms with Gasteiger partial charge in [0.25, 0.3) is 0 Å². The third kappa shape index (κ3) is 2.61. The Labute approximate surface area is 121 Å². The van der Waals surface area contributed by atoms with Crippen LogP contribution in [-0.2, 0) is 13.0 Å². The first-order valence-electron chi connectivity index (χ1n) is 7.62. The van der Waals surface area contributed by atoms with Crippen molar-refractivity contribution in [2.45, 2.75) is 38.6 Å². The van der Waals surface area contributed by atoms with Gasteiger partial charge in [-0.2, -0.15) is 0 Å². The average Bonchev–Trinajstić information content (AvgIpc) is 2.53. The SMILES string of the molecule is CCNCc1ccccc1C1CCCc2cccnc21. The van der Waals surface area contributed by atoms with Gasteiger partial charge < -0.3 is 5.32 Å². The van der Waals surface area contributed by atoms with Crippen LogP contribution in [0.1, 0.15) is 48.1 Å². The first kappa shape index (κ1) is 13.3. The molecule has 1 unspecified atom stereocenters. The summed E-state index contributed by atoms with van der Waals surface area (Å²) in [5.74, 6) is 0.467. The van der Waals surface area contributed by atoms with Crippen molar-refractivity contribution in [1.29, 1.82) is 0 Å². The Kier molecular flexibility index (Phi) is 4.12. The molecule has 2 aromatic rings. The zero-order valence-corrected chi connectivity index (χ0v) is 12.1. The van der Waals surface area contributed by atoms with Gasteiger partial charge in [0.15, 0.2) is 0 Å². The van der Waals surface area contributed by atoms with Crippen molar-refractivity contribution >= 4 is 0 Å². The molecule has 0 amide bonds. The molecule has 1 aliphatic carbocycles. The van der Waals surface area contributed by atoms with Crippen molar-refractivity contribution in [2.75, 3.05) is 6.54 Å². The van der Waals surface area contributed by atoms with E-state index in [4.69, 9.17) is 0 Å². The van der Waals surface area contributed by atoms with E-state index in [0.29, 0.717) is 5.92 Å². The summed E-state index contributed by atoms with van der Waals surface area (Å²) in [6.45, 7) is 4.11. The molecule has 0 bridgehead atoms. The molecule has 1 aromatic heterocycles. The lowest BCUT2D eigenvalue weighted by atomic mass is 9.80. The van der Waals surface area contributed by atoms with Gasteiger partial charge in [-0.3, -0.25) is 4.98 Å². The third-order valence-electron chi connectivity index (χ3n) is 4.19. The molecule has 2 heteroatoms. The number of aromatic nitrogens is 1. The summed E-state index contributed by atoms with van der Waals surface area (Å²) >= 11 is 0. The summed E-state index contributed by atoms with van der Waals surface area (Å²) in [4.78, 5) is 4.68. The lowest BCUT2D eigenvalue weighted by Gasteiger charge is -2.26. The Balaban J connectivity index is 1.98. The monoisotopic (exact) mass is 266 g/mol. The van der Waals surface area contributed by atoms with Gasteiger partial charge >= 0.3 is 0 Å². The van der Waals surface area contributed by atoms with Crippen molar-refractivity contribution in [3.8, 4) is 0 Å². The van der Waals surface area contributed by atoms with Gasteiger partial charge in [-0.15, -0.1) is 0 Å². The fraction of sp³-hybridized carbons (Fsp3) is 0.389. The minimum Gasteiger partial charge on any atom is -0.313 e. The van der Waals surface area contributed by atoms with E-state index in [-0.39, 0.29) is 0 Å². The topological polar surface area (TPSA) is 24.9 Å². The third-order valence-corrected chi connectivity index (χ3v) is 4.19. The zero-order chi connectivity index (χ0) is 13.8. The van der Waals surface area contributed by atoms with Crippen LogP contribution in [0.25, 0.3) is 0 Å². The number of hydrogen-bond acceptors (Lipinski definition) is 2. The molecule has 3 rings (SSSR count). The van der Waals surface area contributed by atoms with Gasteiger partial charge in [-0.1, -0.05) is 37.3 Å². The quantitative estimate of drug-likeness (QED) is 0.913. The number of hydrogen-bond donors (Lipinski definition) is 1. The van der Waals surface area contributed by atoms with Crippen LogP contribution in [0.15, 0.2) is 42.6 Å². The minimum absolute atomic E-state index is 0.467. The lowest BCUT2D eigenvalue weighted by Crippen LogP contribution is -2.18. The molecule has 1 aromatic carbocycles. The molecule has 1 aliphatic rings. The van der Waals surface area contributed by atoms with Gasteiger partial charge in [0.1, 0.15) is 0 Å². The molecular formula is C18H22N2. The molecule has 104 valence electrons. The molecule has 1 heterocycles. The standard InChI is InChI=1S/C18H22N2/c1-2-19-13-15-7-3-4-10-16(15)17-11-5-8-14-9-6-12-20-18(14)17/h3-4,6-7,9-10,12,17,19H,2,5,8,11,13H2,1H3. The van der Waals surface area contributed by atoms with E-state index >= 15 is 0 Å². The predicted octanol–water partition coefficient (Wildman–Crippen LogP) is 3.66. The van der Waals surface area contributed by atoms with E-state index in [1.54, 1.807) is 0 Å². The maximum Gasteiger partial charge on any atom is 0.0510 e. The van der Waals surface area contributed by atoms with Crippen molar-refractivity contribution in [3.05, 3.63) is 65.0 Å². The number of benzene rings is 1. The van der Waals surface area contributed by atoms with E-state index in [1.807, 2.05) is 6.20 Å². The van der Waals surface area contributed by atoms with Crippen molar-refractivity contribution in [3.63, 3.8) is 0 Å². The molecular weight excluding hydrogens is 244 g/mol. The van der Waals surface area contributed by atoms with Gasteiger partial charge in [0.05, 0.1) is 5.69 Å². The molecule has 0 aliphatic heterocycles. The second kappa shape index (κ2) is 6.19. The number of rotatable bonds is 4. The number of nitrogens with one attached hydrogen (secondary N) is 1. The first-order chi connectivity index (χ1) is 9.90. The van der Waals surface area contributed by atoms with Crippen LogP contribution >= 0.6 is 0 Å². The second-order valence-electron chi connectivity index (χ2n) is 5.47. The summed E-state index contributed by atoms with van der Waals surface area (Å²) in [5, 5.41) is 3.45. The van der Waals surface area contributed by atoms with Crippen LogP contribution in [0.5, 0.6) is 0 Å². The van der Waals surface area contributed by atoms with E-state index in [2.05, 4.69) is 53.6 Å². The summed E-state index contributed by atoms with van der Waals surface area (Å²) in [6, 6.07) is 13.1. The van der Waals surface area contributed by atoms with Crippen molar-refractivity contribution in [2.24, 2.45) is 0 Å². The highest BCUT2D eigenvalue weighted by atomic mass is 14.8. The molecule has 0 fully saturated rings. The fourth-order valence-electron chi connectivity index (χ4n) is 3.21. The van der Waals surface area contributed by atoms with Crippen LogP contribution in [-0.4, -0.2) is 11.5 Å². The highest BCUT2D eigenvalue weighted by Crippen LogP contribution is 2.36. The normalized spacial score (nSPS) is 17.8.